The highest BCUT2D eigenvalue weighted by Gasteiger charge is 2.45. The number of benzene rings is 4. The van der Waals surface area contributed by atoms with Crippen molar-refractivity contribution >= 4 is 35.1 Å². The summed E-state index contributed by atoms with van der Waals surface area (Å²) in [6.45, 7) is 1.01. The third-order valence-corrected chi connectivity index (χ3v) is 9.31. The lowest BCUT2D eigenvalue weighted by Crippen LogP contribution is -2.52. The molecule has 0 unspecified atom stereocenters. The van der Waals surface area contributed by atoms with E-state index in [1.807, 2.05) is 54.6 Å². The third kappa shape index (κ3) is 8.39. The summed E-state index contributed by atoms with van der Waals surface area (Å²) in [5.41, 5.74) is 9.36. The molecular formula is C39H39F3N4O5. The second kappa shape index (κ2) is 15.9. The maximum atomic E-state index is 14.5. The lowest BCUT2D eigenvalue weighted by atomic mass is 9.67. The molecule has 4 aromatic rings. The highest BCUT2D eigenvalue weighted by atomic mass is 19.4. The average Bonchev–Trinajstić information content (AvgIpc) is 3.83. The fourth-order valence-corrected chi connectivity index (χ4v) is 6.96. The number of hydrogen-bond donors (Lipinski definition) is 3. The predicted molar refractivity (Wildman–Crippen MR) is 186 cm³/mol. The summed E-state index contributed by atoms with van der Waals surface area (Å²) in [6, 6.07) is 36.3. The molecule has 2 saturated heterocycles. The number of amides is 3. The van der Waals surface area contributed by atoms with E-state index in [4.69, 9.17) is 15.6 Å². The van der Waals surface area contributed by atoms with Gasteiger partial charge < -0.3 is 26.0 Å². The van der Waals surface area contributed by atoms with Crippen molar-refractivity contribution < 1.29 is 37.5 Å². The molecule has 0 aromatic heterocycles. The quantitative estimate of drug-likeness (QED) is 0.147. The first-order valence-electron chi connectivity index (χ1n) is 16.6. The van der Waals surface area contributed by atoms with Gasteiger partial charge in [0.05, 0.1) is 5.41 Å². The first-order chi connectivity index (χ1) is 24.4. The van der Waals surface area contributed by atoms with Gasteiger partial charge in [0.1, 0.15) is 12.1 Å². The molecule has 0 spiro atoms. The van der Waals surface area contributed by atoms with Crippen molar-refractivity contribution in [2.24, 2.45) is 0 Å². The van der Waals surface area contributed by atoms with Gasteiger partial charge in [-0.1, -0.05) is 97.1 Å². The van der Waals surface area contributed by atoms with Gasteiger partial charge >= 0.3 is 12.1 Å². The minimum Gasteiger partial charge on any atom is -0.475 e. The van der Waals surface area contributed by atoms with Crippen LogP contribution in [0.3, 0.4) is 0 Å². The van der Waals surface area contributed by atoms with Crippen molar-refractivity contribution in [1.29, 1.82) is 0 Å². The van der Waals surface area contributed by atoms with Crippen molar-refractivity contribution in [3.63, 3.8) is 0 Å². The molecule has 6 rings (SSSR count). The Morgan fingerprint density at radius 2 is 1.18 bits per heavy atom. The zero-order chi connectivity index (χ0) is 36.6. The van der Waals surface area contributed by atoms with Gasteiger partial charge in [0, 0.05) is 30.9 Å². The molecule has 3 amide bonds. The summed E-state index contributed by atoms with van der Waals surface area (Å²) in [5.74, 6) is -3.20. The maximum Gasteiger partial charge on any atom is 0.490 e. The zero-order valence-electron chi connectivity index (χ0n) is 27.8. The number of nitrogen functional groups attached to an aromatic ring is 1. The summed E-state index contributed by atoms with van der Waals surface area (Å²) in [6.07, 6.45) is -2.26. The molecule has 9 nitrogen and oxygen atoms in total. The molecule has 0 radical (unpaired) electrons. The minimum absolute atomic E-state index is 0.0719. The highest BCUT2D eigenvalue weighted by molar-refractivity contribution is 5.99. The number of carboxylic acid groups (broad SMARTS) is 1. The number of aliphatic carboxylic acids is 1. The molecule has 2 atom stereocenters. The molecule has 2 fully saturated rings. The Morgan fingerprint density at radius 3 is 1.65 bits per heavy atom. The topological polar surface area (TPSA) is 133 Å². The summed E-state index contributed by atoms with van der Waals surface area (Å²) in [7, 11) is 0. The van der Waals surface area contributed by atoms with E-state index in [1.54, 1.807) is 34.1 Å². The van der Waals surface area contributed by atoms with Crippen LogP contribution in [0, 0.1) is 0 Å². The van der Waals surface area contributed by atoms with Gasteiger partial charge in [-0.05, 0) is 60.6 Å². The minimum atomic E-state index is -5.08. The number of rotatable bonds is 8. The third-order valence-electron chi connectivity index (χ3n) is 9.31. The van der Waals surface area contributed by atoms with Crippen LogP contribution in [0.15, 0.2) is 115 Å². The predicted octanol–water partition coefficient (Wildman–Crippen LogP) is 6.25. The number of anilines is 2. The largest absolute Gasteiger partial charge is 0.490 e. The fourth-order valence-electron chi connectivity index (χ4n) is 6.96. The van der Waals surface area contributed by atoms with E-state index in [2.05, 4.69) is 41.7 Å². The summed E-state index contributed by atoms with van der Waals surface area (Å²) in [5, 5.41) is 10.1. The van der Waals surface area contributed by atoms with Crippen molar-refractivity contribution in [3.8, 4) is 0 Å². The number of carbonyl (C=O) groups is 4. The zero-order valence-corrected chi connectivity index (χ0v) is 27.8. The van der Waals surface area contributed by atoms with E-state index in [0.717, 1.165) is 29.5 Å². The van der Waals surface area contributed by atoms with Crippen LogP contribution in [0.1, 0.15) is 48.8 Å². The van der Waals surface area contributed by atoms with Gasteiger partial charge in [0.15, 0.2) is 0 Å². The van der Waals surface area contributed by atoms with Crippen LogP contribution in [0.25, 0.3) is 0 Å². The molecule has 51 heavy (non-hydrogen) atoms. The number of nitrogens with two attached hydrogens (primary N) is 1. The van der Waals surface area contributed by atoms with Crippen LogP contribution >= 0.6 is 0 Å². The molecule has 4 N–H and O–H groups in total. The van der Waals surface area contributed by atoms with Gasteiger partial charge in [-0.25, -0.2) is 4.79 Å². The monoisotopic (exact) mass is 700 g/mol. The molecule has 0 saturated carbocycles. The fraction of sp³-hybridized carbons (Fsp3) is 0.282. The van der Waals surface area contributed by atoms with Crippen molar-refractivity contribution in [2.45, 2.75) is 55.8 Å². The lowest BCUT2D eigenvalue weighted by molar-refractivity contribution is -0.192. The van der Waals surface area contributed by atoms with E-state index in [-0.39, 0.29) is 24.1 Å². The first-order valence-corrected chi connectivity index (χ1v) is 16.6. The lowest BCUT2D eigenvalue weighted by Gasteiger charge is -2.38. The first kappa shape index (κ1) is 36.6. The molecule has 2 heterocycles. The van der Waals surface area contributed by atoms with Crippen LogP contribution < -0.4 is 11.1 Å². The smallest absolute Gasteiger partial charge is 0.475 e. The molecular weight excluding hydrogens is 661 g/mol. The summed E-state index contributed by atoms with van der Waals surface area (Å²) in [4.78, 5) is 54.2. The molecule has 4 aromatic carbocycles. The second-order valence-electron chi connectivity index (χ2n) is 12.5. The Kier molecular flexibility index (Phi) is 11.4. The van der Waals surface area contributed by atoms with Crippen LogP contribution in [0.4, 0.5) is 24.5 Å². The normalized spacial score (nSPS) is 17.3. The number of likely N-dealkylation sites (tertiary alicyclic amines) is 2. The van der Waals surface area contributed by atoms with Gasteiger partial charge in [0.25, 0.3) is 0 Å². The Hall–Kier alpha value is -5.65. The maximum absolute atomic E-state index is 14.5. The molecule has 266 valence electrons. The number of nitrogens with zero attached hydrogens (tertiary/aromatic N) is 2. The van der Waals surface area contributed by atoms with E-state index in [0.29, 0.717) is 37.3 Å². The van der Waals surface area contributed by atoms with Crippen LogP contribution in [0.5, 0.6) is 0 Å². The van der Waals surface area contributed by atoms with Gasteiger partial charge in [-0.15, -0.1) is 0 Å². The van der Waals surface area contributed by atoms with Gasteiger partial charge in [0.2, 0.25) is 17.7 Å². The van der Waals surface area contributed by atoms with Crippen LogP contribution in [-0.4, -0.2) is 69.9 Å². The highest BCUT2D eigenvalue weighted by Crippen LogP contribution is 2.43. The van der Waals surface area contributed by atoms with E-state index in [1.165, 1.54) is 0 Å². The SMILES string of the molecule is Nc1cccc(NC(=O)[C@H]2CCCN2C(=O)[C@@H]2CCCN2C(=O)CC(c2ccccc2)(c2ccccc2)c2ccccc2)c1.O=C(O)C(F)(F)F. The summed E-state index contributed by atoms with van der Waals surface area (Å²) < 4.78 is 31.7. The van der Waals surface area contributed by atoms with Crippen molar-refractivity contribution in [3.05, 3.63) is 132 Å². The van der Waals surface area contributed by atoms with E-state index in [9.17, 15) is 27.6 Å². The van der Waals surface area contributed by atoms with E-state index >= 15 is 0 Å². The Labute approximate surface area is 293 Å². The Bertz CT molecular complexity index is 1730. The van der Waals surface area contributed by atoms with Gasteiger partial charge in [-0.3, -0.25) is 14.4 Å². The van der Waals surface area contributed by atoms with Crippen molar-refractivity contribution in [1.82, 2.24) is 9.80 Å². The van der Waals surface area contributed by atoms with Gasteiger partial charge in [-0.2, -0.15) is 13.2 Å². The molecule has 2 aliphatic rings. The Morgan fingerprint density at radius 1 is 0.706 bits per heavy atom. The number of carbonyl (C=O) groups excluding carboxylic acids is 3. The van der Waals surface area contributed by atoms with E-state index < -0.39 is 29.6 Å². The second-order valence-corrected chi connectivity index (χ2v) is 12.5. The van der Waals surface area contributed by atoms with Crippen LogP contribution in [-0.2, 0) is 24.6 Å². The number of carboxylic acids is 1. The molecule has 12 heteroatoms. The molecule has 2 aliphatic heterocycles. The standard InChI is InChI=1S/C37H38N4O3.C2HF3O2/c38-30-19-10-20-31(25-30)39-35(43)32-21-11-24-41(32)36(44)33-22-12-23-40(33)34(42)26-37(27-13-4-1-5-14-27,28-15-6-2-7-16-28)29-17-8-3-9-18-29;3-2(4,5)1(6)7/h1-10,13-20,25,32-33H,11-12,21-24,26,38H2,(H,39,43);(H,6,7)/t32-,33+;/m1./s1. The number of hydrogen-bond acceptors (Lipinski definition) is 5. The molecule has 0 bridgehead atoms. The molecule has 0 aliphatic carbocycles. The summed E-state index contributed by atoms with van der Waals surface area (Å²) >= 11 is 0. The Balaban J connectivity index is 0.000000654. The number of alkyl halides is 3. The number of halogens is 3. The van der Waals surface area contributed by atoms with Crippen LogP contribution in [0.2, 0.25) is 0 Å². The van der Waals surface area contributed by atoms with Crippen molar-refractivity contribution in [2.75, 3.05) is 24.1 Å². The average molecular weight is 701 g/mol. The number of nitrogens with one attached hydrogen (secondary N) is 1.